The molecule has 0 atom stereocenters. The van der Waals surface area contributed by atoms with Crippen LogP contribution in [0.1, 0.15) is 27.9 Å². The number of carbonyl (C=O) groups is 2. The van der Waals surface area contributed by atoms with Crippen LogP contribution in [0.3, 0.4) is 0 Å². The molecule has 0 N–H and O–H groups in total. The van der Waals surface area contributed by atoms with Crippen molar-refractivity contribution >= 4 is 17.6 Å². The van der Waals surface area contributed by atoms with E-state index in [1.807, 2.05) is 0 Å². The zero-order valence-corrected chi connectivity index (χ0v) is 10.5. The highest BCUT2D eigenvalue weighted by molar-refractivity contribution is 6.02. The first-order chi connectivity index (χ1) is 9.01. The summed E-state index contributed by atoms with van der Waals surface area (Å²) >= 11 is 0. The Morgan fingerprint density at radius 1 is 1.53 bits per heavy atom. The van der Waals surface area contributed by atoms with Gasteiger partial charge in [-0.3, -0.25) is 19.6 Å². The van der Waals surface area contributed by atoms with Gasteiger partial charge in [0.05, 0.1) is 18.6 Å². The highest BCUT2D eigenvalue weighted by Crippen LogP contribution is 2.27. The molecule has 0 spiro atoms. The Labute approximate surface area is 107 Å². The molecule has 0 fully saturated rings. The third kappa shape index (κ3) is 1.92. The largest absolute Gasteiger partial charge is 0.464 e. The maximum atomic E-state index is 12.1. The lowest BCUT2D eigenvalue weighted by molar-refractivity contribution is -0.385. The summed E-state index contributed by atoms with van der Waals surface area (Å²) in [5.41, 5.74) is -1.19. The van der Waals surface area contributed by atoms with Crippen molar-refractivity contribution in [1.82, 2.24) is 14.7 Å². The molecule has 1 aromatic heterocycles. The van der Waals surface area contributed by atoms with Gasteiger partial charge in [0.15, 0.2) is 0 Å². The smallest absolute Gasteiger partial charge is 0.365 e. The van der Waals surface area contributed by atoms with Crippen LogP contribution in [0.2, 0.25) is 0 Å². The molecule has 0 aromatic carbocycles. The summed E-state index contributed by atoms with van der Waals surface area (Å²) in [6.07, 6.45) is 0. The van der Waals surface area contributed by atoms with Crippen molar-refractivity contribution in [3.63, 3.8) is 0 Å². The number of nitro groups is 1. The SMILES string of the molecule is CCN1CCn2nc(C(=O)OC)c([N+](=O)[O-])c2C1=O. The van der Waals surface area contributed by atoms with E-state index in [2.05, 4.69) is 9.84 Å². The number of methoxy groups -OCH3 is 1. The van der Waals surface area contributed by atoms with Gasteiger partial charge in [-0.25, -0.2) is 4.79 Å². The van der Waals surface area contributed by atoms with Crippen LogP contribution in [0, 0.1) is 10.1 Å². The molecule has 102 valence electrons. The summed E-state index contributed by atoms with van der Waals surface area (Å²) in [7, 11) is 1.10. The normalized spacial score (nSPS) is 14.2. The summed E-state index contributed by atoms with van der Waals surface area (Å²) in [6, 6.07) is 0. The van der Waals surface area contributed by atoms with E-state index in [4.69, 9.17) is 0 Å². The number of aromatic nitrogens is 2. The molecule has 1 aliphatic heterocycles. The van der Waals surface area contributed by atoms with Crippen LogP contribution in [0.25, 0.3) is 0 Å². The standard InChI is InChI=1S/C10H12N4O5/c1-3-12-4-5-13-8(9(12)15)7(14(17)18)6(11-13)10(16)19-2/h3-5H2,1-2H3. The number of carbonyl (C=O) groups excluding carboxylic acids is 2. The fraction of sp³-hybridized carbons (Fsp3) is 0.500. The van der Waals surface area contributed by atoms with E-state index < -0.39 is 28.2 Å². The third-order valence-electron chi connectivity index (χ3n) is 2.94. The summed E-state index contributed by atoms with van der Waals surface area (Å²) in [6.45, 7) is 2.93. The highest BCUT2D eigenvalue weighted by atomic mass is 16.6. The van der Waals surface area contributed by atoms with Crippen molar-refractivity contribution in [3.05, 3.63) is 21.5 Å². The lowest BCUT2D eigenvalue weighted by Gasteiger charge is -2.25. The lowest BCUT2D eigenvalue weighted by atomic mass is 10.2. The number of likely N-dealkylation sites (N-methyl/N-ethyl adjacent to an activating group) is 1. The van der Waals surface area contributed by atoms with Crippen molar-refractivity contribution in [1.29, 1.82) is 0 Å². The number of rotatable bonds is 3. The summed E-state index contributed by atoms with van der Waals surface area (Å²) in [5, 5.41) is 14.9. The van der Waals surface area contributed by atoms with Crippen LogP contribution in [0.4, 0.5) is 5.69 Å². The third-order valence-corrected chi connectivity index (χ3v) is 2.94. The number of nitrogens with zero attached hydrogens (tertiary/aromatic N) is 4. The van der Waals surface area contributed by atoms with Gasteiger partial charge in [-0.05, 0) is 6.92 Å². The number of ether oxygens (including phenoxy) is 1. The number of esters is 1. The minimum Gasteiger partial charge on any atom is -0.464 e. The average Bonchev–Trinajstić information content (AvgIpc) is 2.78. The van der Waals surface area contributed by atoms with E-state index in [9.17, 15) is 19.7 Å². The number of fused-ring (bicyclic) bond motifs is 1. The van der Waals surface area contributed by atoms with Crippen LogP contribution < -0.4 is 0 Å². The Balaban J connectivity index is 2.62. The van der Waals surface area contributed by atoms with E-state index >= 15 is 0 Å². The maximum absolute atomic E-state index is 12.1. The van der Waals surface area contributed by atoms with Crippen LogP contribution >= 0.6 is 0 Å². The van der Waals surface area contributed by atoms with E-state index in [1.165, 1.54) is 9.58 Å². The Kier molecular flexibility index (Phi) is 3.19. The molecule has 9 heteroatoms. The van der Waals surface area contributed by atoms with Crippen LogP contribution in [0.5, 0.6) is 0 Å². The zero-order chi connectivity index (χ0) is 14.2. The molecule has 19 heavy (non-hydrogen) atoms. The highest BCUT2D eigenvalue weighted by Gasteiger charge is 2.39. The average molecular weight is 268 g/mol. The predicted octanol–water partition coefficient (Wildman–Crippen LogP) is 0.0536. The Morgan fingerprint density at radius 2 is 2.21 bits per heavy atom. The number of hydrogen-bond acceptors (Lipinski definition) is 6. The molecule has 1 aliphatic rings. The van der Waals surface area contributed by atoms with Gasteiger partial charge in [0.2, 0.25) is 11.4 Å². The first kappa shape index (κ1) is 13.0. The lowest BCUT2D eigenvalue weighted by Crippen LogP contribution is -2.40. The molecule has 1 amide bonds. The van der Waals surface area contributed by atoms with E-state index in [1.54, 1.807) is 6.92 Å². The van der Waals surface area contributed by atoms with E-state index in [0.29, 0.717) is 19.6 Å². The number of hydrogen-bond donors (Lipinski definition) is 0. The molecule has 0 bridgehead atoms. The quantitative estimate of drug-likeness (QED) is 0.435. The topological polar surface area (TPSA) is 108 Å². The van der Waals surface area contributed by atoms with Gasteiger partial charge < -0.3 is 9.64 Å². The first-order valence-corrected chi connectivity index (χ1v) is 5.64. The van der Waals surface area contributed by atoms with E-state index in [-0.39, 0.29) is 5.69 Å². The monoisotopic (exact) mass is 268 g/mol. The Hall–Kier alpha value is -2.45. The minimum atomic E-state index is -0.926. The van der Waals surface area contributed by atoms with E-state index in [0.717, 1.165) is 7.11 Å². The van der Waals surface area contributed by atoms with Crippen molar-refractivity contribution in [2.75, 3.05) is 20.2 Å². The fourth-order valence-corrected chi connectivity index (χ4v) is 2.00. The molecule has 2 rings (SSSR count). The predicted molar refractivity (Wildman–Crippen MR) is 61.8 cm³/mol. The van der Waals surface area contributed by atoms with Gasteiger partial charge in [0.25, 0.3) is 5.91 Å². The van der Waals surface area contributed by atoms with Crippen molar-refractivity contribution in [2.45, 2.75) is 13.5 Å². The summed E-state index contributed by atoms with van der Waals surface area (Å²) in [5.74, 6) is -1.42. The molecule has 2 heterocycles. The van der Waals surface area contributed by atoms with Crippen LogP contribution in [-0.4, -0.2) is 51.7 Å². The maximum Gasteiger partial charge on any atom is 0.365 e. The van der Waals surface area contributed by atoms with Crippen molar-refractivity contribution in [3.8, 4) is 0 Å². The first-order valence-electron chi connectivity index (χ1n) is 5.64. The Bertz CT molecular complexity index is 565. The minimum absolute atomic E-state index is 0.168. The molecule has 0 unspecified atom stereocenters. The van der Waals surface area contributed by atoms with Gasteiger partial charge in [-0.2, -0.15) is 5.10 Å². The molecule has 0 saturated carbocycles. The van der Waals surface area contributed by atoms with Gasteiger partial charge in [-0.1, -0.05) is 0 Å². The molecule has 1 aromatic rings. The second kappa shape index (κ2) is 4.67. The molecule has 0 aliphatic carbocycles. The van der Waals surface area contributed by atoms with Gasteiger partial charge in [0, 0.05) is 13.1 Å². The molecule has 0 radical (unpaired) electrons. The van der Waals surface area contributed by atoms with Crippen LogP contribution in [0.15, 0.2) is 0 Å². The van der Waals surface area contributed by atoms with Gasteiger partial charge in [-0.15, -0.1) is 0 Å². The zero-order valence-electron chi connectivity index (χ0n) is 10.5. The Morgan fingerprint density at radius 3 is 2.74 bits per heavy atom. The molecule has 0 saturated heterocycles. The van der Waals surface area contributed by atoms with Crippen LogP contribution in [-0.2, 0) is 11.3 Å². The second-order valence-electron chi connectivity index (χ2n) is 3.90. The molecular weight excluding hydrogens is 256 g/mol. The van der Waals surface area contributed by atoms with Crippen molar-refractivity contribution in [2.24, 2.45) is 0 Å². The second-order valence-corrected chi connectivity index (χ2v) is 3.90. The summed E-state index contributed by atoms with van der Waals surface area (Å²) in [4.78, 5) is 35.4. The number of amides is 1. The van der Waals surface area contributed by atoms with Gasteiger partial charge >= 0.3 is 11.7 Å². The molecular formula is C10H12N4O5. The van der Waals surface area contributed by atoms with Crippen molar-refractivity contribution < 1.29 is 19.2 Å². The van der Waals surface area contributed by atoms with Gasteiger partial charge in [0.1, 0.15) is 0 Å². The fourth-order valence-electron chi connectivity index (χ4n) is 2.00. The molecule has 9 nitrogen and oxygen atoms in total. The summed E-state index contributed by atoms with van der Waals surface area (Å²) < 4.78 is 5.64.